The number of hydrogen-bond acceptors (Lipinski definition) is 4. The molecule has 5 heteroatoms. The summed E-state index contributed by atoms with van der Waals surface area (Å²) in [5.74, 6) is 0.0882. The highest BCUT2D eigenvalue weighted by Gasteiger charge is 2.24. The van der Waals surface area contributed by atoms with Crippen molar-refractivity contribution < 1.29 is 14.6 Å². The third kappa shape index (κ3) is 2.75. The first kappa shape index (κ1) is 11.9. The molecule has 0 radical (unpaired) electrons. The Morgan fingerprint density at radius 2 is 2.41 bits per heavy atom. The van der Waals surface area contributed by atoms with Gasteiger partial charge in [-0.15, -0.1) is 0 Å². The molecule has 0 spiro atoms. The fourth-order valence-electron chi connectivity index (χ4n) is 1.79. The van der Waals surface area contributed by atoms with Crippen molar-refractivity contribution in [3.05, 3.63) is 24.3 Å². The van der Waals surface area contributed by atoms with Crippen molar-refractivity contribution in [2.75, 3.05) is 31.7 Å². The van der Waals surface area contributed by atoms with Crippen LogP contribution in [-0.2, 0) is 9.53 Å². The summed E-state index contributed by atoms with van der Waals surface area (Å²) in [6.07, 6.45) is 0. The highest BCUT2D eigenvalue weighted by atomic mass is 16.5. The molecule has 1 aromatic rings. The summed E-state index contributed by atoms with van der Waals surface area (Å²) < 4.78 is 5.25. The largest absolute Gasteiger partial charge is 0.508 e. The fourth-order valence-corrected chi connectivity index (χ4v) is 1.79. The molecule has 1 unspecified atom stereocenters. The van der Waals surface area contributed by atoms with E-state index in [9.17, 15) is 9.90 Å². The van der Waals surface area contributed by atoms with E-state index in [4.69, 9.17) is 4.74 Å². The Kier molecular flexibility index (Phi) is 3.61. The van der Waals surface area contributed by atoms with Crippen molar-refractivity contribution in [1.82, 2.24) is 5.32 Å². The van der Waals surface area contributed by atoms with Gasteiger partial charge in [-0.05, 0) is 12.1 Å². The van der Waals surface area contributed by atoms with E-state index < -0.39 is 0 Å². The van der Waals surface area contributed by atoms with Gasteiger partial charge in [-0.25, -0.2) is 0 Å². The maximum Gasteiger partial charge on any atom is 0.246 e. The van der Waals surface area contributed by atoms with Crippen LogP contribution in [0.4, 0.5) is 5.69 Å². The molecule has 0 bridgehead atoms. The van der Waals surface area contributed by atoms with Crippen LogP contribution in [0.2, 0.25) is 0 Å². The lowest BCUT2D eigenvalue weighted by molar-refractivity contribution is -0.123. The van der Waals surface area contributed by atoms with E-state index in [0.29, 0.717) is 25.4 Å². The summed E-state index contributed by atoms with van der Waals surface area (Å²) in [6, 6.07) is 6.31. The van der Waals surface area contributed by atoms with E-state index in [0.717, 1.165) is 0 Å². The van der Waals surface area contributed by atoms with Gasteiger partial charge in [0.2, 0.25) is 5.91 Å². The first-order valence-electron chi connectivity index (χ1n) is 5.56. The average Bonchev–Trinajstić information content (AvgIpc) is 2.38. The quantitative estimate of drug-likeness (QED) is 0.777. The number of aromatic hydroxyl groups is 1. The van der Waals surface area contributed by atoms with E-state index in [2.05, 4.69) is 5.32 Å². The molecular formula is C12H16N2O3. The predicted octanol–water partition coefficient (Wildman–Crippen LogP) is 0.343. The van der Waals surface area contributed by atoms with Crippen LogP contribution in [0.3, 0.4) is 0 Å². The Morgan fingerprint density at radius 1 is 1.59 bits per heavy atom. The highest BCUT2D eigenvalue weighted by molar-refractivity contribution is 5.97. The smallest absolute Gasteiger partial charge is 0.246 e. The van der Waals surface area contributed by atoms with Gasteiger partial charge >= 0.3 is 0 Å². The number of hydrogen-bond donors (Lipinski definition) is 2. The number of phenolic OH excluding ortho intramolecular Hbond substituents is 1. The molecule has 1 atom stereocenters. The van der Waals surface area contributed by atoms with Crippen molar-refractivity contribution in [2.24, 2.45) is 0 Å². The lowest BCUT2D eigenvalue weighted by atomic mass is 10.2. The molecule has 2 rings (SSSR count). The molecule has 1 fully saturated rings. The van der Waals surface area contributed by atoms with E-state index >= 15 is 0 Å². The van der Waals surface area contributed by atoms with Crippen LogP contribution >= 0.6 is 0 Å². The van der Waals surface area contributed by atoms with Gasteiger partial charge < -0.3 is 20.1 Å². The average molecular weight is 236 g/mol. The Morgan fingerprint density at radius 3 is 3.06 bits per heavy atom. The van der Waals surface area contributed by atoms with Gasteiger partial charge in [0.25, 0.3) is 0 Å². The molecule has 0 aliphatic carbocycles. The number of carbonyl (C=O) groups excluding carboxylic acids is 1. The van der Waals surface area contributed by atoms with Gasteiger partial charge in [-0.3, -0.25) is 4.79 Å². The molecule has 1 saturated heterocycles. The first-order chi connectivity index (χ1) is 8.18. The Balaban J connectivity index is 2.08. The second-order valence-corrected chi connectivity index (χ2v) is 4.00. The van der Waals surface area contributed by atoms with Gasteiger partial charge in [-0.2, -0.15) is 0 Å². The predicted molar refractivity (Wildman–Crippen MR) is 64.1 cm³/mol. The number of benzene rings is 1. The van der Waals surface area contributed by atoms with Crippen LogP contribution < -0.4 is 10.2 Å². The number of likely N-dealkylation sites (N-methyl/N-ethyl adjacent to an activating group) is 1. The second-order valence-electron chi connectivity index (χ2n) is 4.00. The molecule has 17 heavy (non-hydrogen) atoms. The Labute approximate surface area is 100.0 Å². The molecule has 1 aliphatic heterocycles. The lowest BCUT2D eigenvalue weighted by Crippen LogP contribution is -2.51. The summed E-state index contributed by atoms with van der Waals surface area (Å²) in [5, 5.41) is 12.5. The molecule has 1 aromatic carbocycles. The zero-order valence-electron chi connectivity index (χ0n) is 9.72. The highest BCUT2D eigenvalue weighted by Crippen LogP contribution is 2.19. The van der Waals surface area contributed by atoms with Crippen LogP contribution in [0.25, 0.3) is 0 Å². The molecule has 2 N–H and O–H groups in total. The minimum atomic E-state index is -0.309. The molecule has 0 saturated carbocycles. The zero-order valence-corrected chi connectivity index (χ0v) is 9.72. The molecule has 1 aliphatic rings. The monoisotopic (exact) mass is 236 g/mol. The first-order valence-corrected chi connectivity index (χ1v) is 5.56. The van der Waals surface area contributed by atoms with Gasteiger partial charge in [-0.1, -0.05) is 6.07 Å². The summed E-state index contributed by atoms with van der Waals surface area (Å²) in [4.78, 5) is 13.6. The third-order valence-electron chi connectivity index (χ3n) is 2.77. The van der Waals surface area contributed by atoms with E-state index in [1.54, 1.807) is 31.3 Å². The summed E-state index contributed by atoms with van der Waals surface area (Å²) in [6.45, 7) is 1.71. The summed E-state index contributed by atoms with van der Waals surface area (Å²) in [7, 11) is 1.69. The van der Waals surface area contributed by atoms with Gasteiger partial charge in [0, 0.05) is 25.3 Å². The van der Waals surface area contributed by atoms with E-state index in [1.165, 1.54) is 4.90 Å². The number of anilines is 1. The standard InChI is InChI=1S/C12H16N2O3/c1-14(9-3-2-4-10(15)7-9)12(16)11-8-17-6-5-13-11/h2-4,7,11,13,15H,5-6,8H2,1H3. The van der Waals surface area contributed by atoms with Gasteiger partial charge in [0.05, 0.1) is 13.2 Å². The molecule has 5 nitrogen and oxygen atoms in total. The number of nitrogens with one attached hydrogen (secondary N) is 1. The fraction of sp³-hybridized carbons (Fsp3) is 0.417. The summed E-state index contributed by atoms with van der Waals surface area (Å²) >= 11 is 0. The van der Waals surface area contributed by atoms with Crippen molar-refractivity contribution in [2.45, 2.75) is 6.04 Å². The minimum absolute atomic E-state index is 0.0599. The van der Waals surface area contributed by atoms with Gasteiger partial charge in [0.15, 0.2) is 0 Å². The summed E-state index contributed by atoms with van der Waals surface area (Å²) in [5.41, 5.74) is 0.669. The maximum atomic E-state index is 12.1. The van der Waals surface area contributed by atoms with Crippen molar-refractivity contribution in [1.29, 1.82) is 0 Å². The lowest BCUT2D eigenvalue weighted by Gasteiger charge is -2.27. The van der Waals surface area contributed by atoms with E-state index in [1.807, 2.05) is 0 Å². The molecular weight excluding hydrogens is 220 g/mol. The van der Waals surface area contributed by atoms with Crippen molar-refractivity contribution >= 4 is 11.6 Å². The van der Waals surface area contributed by atoms with Crippen LogP contribution in [0.15, 0.2) is 24.3 Å². The topological polar surface area (TPSA) is 61.8 Å². The number of amides is 1. The number of phenols is 1. The van der Waals surface area contributed by atoms with Crippen LogP contribution in [0.5, 0.6) is 5.75 Å². The minimum Gasteiger partial charge on any atom is -0.508 e. The zero-order chi connectivity index (χ0) is 12.3. The van der Waals surface area contributed by atoms with Crippen LogP contribution in [0, 0.1) is 0 Å². The molecule has 1 amide bonds. The number of ether oxygens (including phenoxy) is 1. The number of nitrogens with zero attached hydrogens (tertiary/aromatic N) is 1. The molecule has 92 valence electrons. The van der Waals surface area contributed by atoms with E-state index in [-0.39, 0.29) is 17.7 Å². The Hall–Kier alpha value is -1.59. The number of rotatable bonds is 2. The number of morpholine rings is 1. The normalized spacial score (nSPS) is 19.9. The maximum absolute atomic E-state index is 12.1. The Bertz CT molecular complexity index is 402. The molecule has 1 heterocycles. The SMILES string of the molecule is CN(C(=O)C1COCCN1)c1cccc(O)c1. The number of carbonyl (C=O) groups is 1. The second kappa shape index (κ2) is 5.16. The third-order valence-corrected chi connectivity index (χ3v) is 2.77. The van der Waals surface area contributed by atoms with Crippen LogP contribution in [-0.4, -0.2) is 43.9 Å². The van der Waals surface area contributed by atoms with Crippen molar-refractivity contribution in [3.63, 3.8) is 0 Å². The molecule has 0 aromatic heterocycles. The van der Waals surface area contributed by atoms with Crippen molar-refractivity contribution in [3.8, 4) is 5.75 Å². The van der Waals surface area contributed by atoms with Crippen LogP contribution in [0.1, 0.15) is 0 Å². The van der Waals surface area contributed by atoms with Gasteiger partial charge in [0.1, 0.15) is 11.8 Å².